The number of nitrogens with two attached hydrogens (primary N) is 1. The van der Waals surface area contributed by atoms with Crippen molar-refractivity contribution in [3.05, 3.63) is 28.4 Å². The number of nitrogens with zero attached hydrogens (tertiary/aromatic N) is 3. The zero-order valence-corrected chi connectivity index (χ0v) is 9.04. The molecular formula is C10H14N4O2. The number of rotatable bonds is 2. The molecule has 1 fully saturated rings. The van der Waals surface area contributed by atoms with E-state index in [0.717, 1.165) is 18.8 Å². The van der Waals surface area contributed by atoms with Gasteiger partial charge in [-0.3, -0.25) is 10.1 Å². The van der Waals surface area contributed by atoms with Gasteiger partial charge in [0.15, 0.2) is 0 Å². The zero-order chi connectivity index (χ0) is 11.7. The Hall–Kier alpha value is -1.69. The van der Waals surface area contributed by atoms with Gasteiger partial charge in [0.25, 0.3) is 5.69 Å². The van der Waals surface area contributed by atoms with Gasteiger partial charge in [0.05, 0.1) is 4.92 Å². The molecule has 2 unspecified atom stereocenters. The molecule has 6 heteroatoms. The van der Waals surface area contributed by atoms with Crippen molar-refractivity contribution in [1.29, 1.82) is 0 Å². The summed E-state index contributed by atoms with van der Waals surface area (Å²) in [5.41, 5.74) is 5.92. The molecular weight excluding hydrogens is 208 g/mol. The number of hydrogen-bond acceptors (Lipinski definition) is 5. The summed E-state index contributed by atoms with van der Waals surface area (Å²) in [6.45, 7) is 2.90. The van der Waals surface area contributed by atoms with E-state index in [1.165, 1.54) is 12.3 Å². The molecule has 0 bridgehead atoms. The second-order valence-electron chi connectivity index (χ2n) is 4.02. The predicted molar refractivity (Wildman–Crippen MR) is 60.3 cm³/mol. The quantitative estimate of drug-likeness (QED) is 0.594. The molecule has 6 nitrogen and oxygen atoms in total. The maximum atomic E-state index is 10.5. The Balaban J connectivity index is 2.19. The molecule has 1 aliphatic heterocycles. The molecule has 0 radical (unpaired) electrons. The van der Waals surface area contributed by atoms with E-state index >= 15 is 0 Å². The first-order chi connectivity index (χ1) is 7.59. The van der Waals surface area contributed by atoms with Crippen LogP contribution in [0.1, 0.15) is 13.3 Å². The van der Waals surface area contributed by atoms with Gasteiger partial charge in [0.1, 0.15) is 12.0 Å². The van der Waals surface area contributed by atoms with Crippen molar-refractivity contribution < 1.29 is 4.92 Å². The van der Waals surface area contributed by atoms with Gasteiger partial charge in [-0.15, -0.1) is 0 Å². The van der Waals surface area contributed by atoms with Crippen LogP contribution < -0.4 is 10.6 Å². The summed E-state index contributed by atoms with van der Waals surface area (Å²) in [5.74, 6) is 0.756. The van der Waals surface area contributed by atoms with Crippen molar-refractivity contribution in [3.63, 3.8) is 0 Å². The van der Waals surface area contributed by atoms with E-state index in [1.807, 2.05) is 6.92 Å². The summed E-state index contributed by atoms with van der Waals surface area (Å²) in [7, 11) is 0. The van der Waals surface area contributed by atoms with Gasteiger partial charge in [0, 0.05) is 24.7 Å². The highest BCUT2D eigenvalue weighted by Crippen LogP contribution is 2.23. The largest absolute Gasteiger partial charge is 0.352 e. The highest BCUT2D eigenvalue weighted by atomic mass is 16.6. The molecule has 1 aromatic heterocycles. The van der Waals surface area contributed by atoms with E-state index in [4.69, 9.17) is 5.73 Å². The summed E-state index contributed by atoms with van der Waals surface area (Å²) in [6.07, 6.45) is 2.21. The Morgan fingerprint density at radius 1 is 1.62 bits per heavy atom. The molecule has 0 aliphatic carbocycles. The van der Waals surface area contributed by atoms with Gasteiger partial charge in [-0.2, -0.15) is 0 Å². The molecule has 2 heterocycles. The summed E-state index contributed by atoms with van der Waals surface area (Å²) < 4.78 is 0. The first-order valence-electron chi connectivity index (χ1n) is 5.22. The number of hydrogen-bond donors (Lipinski definition) is 1. The first-order valence-corrected chi connectivity index (χ1v) is 5.22. The SMILES string of the molecule is CC1C(N)CCN1c1ccc([N+](=O)[O-])cn1. The van der Waals surface area contributed by atoms with Gasteiger partial charge < -0.3 is 10.6 Å². The highest BCUT2D eigenvalue weighted by molar-refractivity contribution is 5.45. The third-order valence-corrected chi connectivity index (χ3v) is 3.05. The second kappa shape index (κ2) is 4.05. The number of nitro groups is 1. The molecule has 1 aromatic rings. The highest BCUT2D eigenvalue weighted by Gasteiger charge is 2.28. The molecule has 86 valence electrons. The van der Waals surface area contributed by atoms with E-state index in [9.17, 15) is 10.1 Å². The van der Waals surface area contributed by atoms with E-state index in [0.29, 0.717) is 0 Å². The van der Waals surface area contributed by atoms with Crippen LogP contribution in [0.15, 0.2) is 18.3 Å². The molecule has 2 atom stereocenters. The molecule has 1 saturated heterocycles. The number of anilines is 1. The van der Waals surface area contributed by atoms with Gasteiger partial charge in [0.2, 0.25) is 0 Å². The lowest BCUT2D eigenvalue weighted by Crippen LogP contribution is -2.37. The third-order valence-electron chi connectivity index (χ3n) is 3.05. The molecule has 0 amide bonds. The van der Waals surface area contributed by atoms with Crippen molar-refractivity contribution in [2.75, 3.05) is 11.4 Å². The van der Waals surface area contributed by atoms with E-state index in [-0.39, 0.29) is 17.8 Å². The molecule has 2 N–H and O–H groups in total. The van der Waals surface area contributed by atoms with Crippen molar-refractivity contribution in [3.8, 4) is 0 Å². The van der Waals surface area contributed by atoms with E-state index < -0.39 is 4.92 Å². The van der Waals surface area contributed by atoms with E-state index in [2.05, 4.69) is 9.88 Å². The summed E-state index contributed by atoms with van der Waals surface area (Å²) in [5, 5.41) is 10.5. The molecule has 0 spiro atoms. The van der Waals surface area contributed by atoms with Gasteiger partial charge >= 0.3 is 0 Å². The van der Waals surface area contributed by atoms with Crippen LogP contribution in [0.3, 0.4) is 0 Å². The third kappa shape index (κ3) is 1.83. The minimum atomic E-state index is -0.448. The van der Waals surface area contributed by atoms with Crippen LogP contribution in [0.2, 0.25) is 0 Å². The van der Waals surface area contributed by atoms with E-state index in [1.54, 1.807) is 6.07 Å². The Morgan fingerprint density at radius 2 is 2.38 bits per heavy atom. The molecule has 2 rings (SSSR count). The Bertz CT molecular complexity index is 392. The molecule has 1 aliphatic rings. The lowest BCUT2D eigenvalue weighted by atomic mass is 10.2. The Morgan fingerprint density at radius 3 is 2.81 bits per heavy atom. The number of pyridine rings is 1. The normalized spacial score (nSPS) is 24.8. The molecule has 16 heavy (non-hydrogen) atoms. The second-order valence-corrected chi connectivity index (χ2v) is 4.02. The van der Waals surface area contributed by atoms with Gasteiger partial charge in [-0.05, 0) is 19.4 Å². The fraction of sp³-hybridized carbons (Fsp3) is 0.500. The van der Waals surface area contributed by atoms with Crippen molar-refractivity contribution in [2.24, 2.45) is 5.73 Å². The standard InChI is InChI=1S/C10H14N4O2/c1-7-9(11)4-5-13(7)10-3-2-8(6-12-10)14(15)16/h2-3,6-7,9H,4-5,11H2,1H3. The predicted octanol–water partition coefficient (Wildman–Crippen LogP) is 0.916. The first kappa shape index (κ1) is 10.8. The van der Waals surface area contributed by atoms with Crippen LogP contribution in [-0.2, 0) is 0 Å². The monoisotopic (exact) mass is 222 g/mol. The Labute approximate surface area is 93.2 Å². The van der Waals surface area contributed by atoms with Crippen molar-refractivity contribution in [1.82, 2.24) is 4.98 Å². The van der Waals surface area contributed by atoms with Crippen molar-refractivity contribution in [2.45, 2.75) is 25.4 Å². The smallest absolute Gasteiger partial charge is 0.287 e. The fourth-order valence-electron chi connectivity index (χ4n) is 1.94. The van der Waals surface area contributed by atoms with Crippen LogP contribution in [0, 0.1) is 10.1 Å². The topological polar surface area (TPSA) is 85.3 Å². The van der Waals surface area contributed by atoms with Crippen LogP contribution >= 0.6 is 0 Å². The van der Waals surface area contributed by atoms with Crippen LogP contribution in [-0.4, -0.2) is 28.5 Å². The summed E-state index contributed by atoms with van der Waals surface area (Å²) in [4.78, 5) is 16.2. The van der Waals surface area contributed by atoms with Gasteiger partial charge in [-0.1, -0.05) is 0 Å². The zero-order valence-electron chi connectivity index (χ0n) is 9.04. The van der Waals surface area contributed by atoms with Crippen LogP contribution in [0.5, 0.6) is 0 Å². The summed E-state index contributed by atoms with van der Waals surface area (Å²) in [6, 6.07) is 3.52. The maximum Gasteiger partial charge on any atom is 0.287 e. The number of aromatic nitrogens is 1. The lowest BCUT2D eigenvalue weighted by molar-refractivity contribution is -0.385. The maximum absolute atomic E-state index is 10.5. The average molecular weight is 222 g/mol. The average Bonchev–Trinajstić information content (AvgIpc) is 2.60. The molecule has 0 aromatic carbocycles. The van der Waals surface area contributed by atoms with Gasteiger partial charge in [-0.25, -0.2) is 4.98 Å². The lowest BCUT2D eigenvalue weighted by Gasteiger charge is -2.23. The Kier molecular flexibility index (Phi) is 2.74. The molecule has 0 saturated carbocycles. The summed E-state index contributed by atoms with van der Waals surface area (Å²) >= 11 is 0. The van der Waals surface area contributed by atoms with Crippen LogP contribution in [0.4, 0.5) is 11.5 Å². The minimum absolute atomic E-state index is 0.0138. The minimum Gasteiger partial charge on any atom is -0.352 e. The van der Waals surface area contributed by atoms with Crippen LogP contribution in [0.25, 0.3) is 0 Å². The fourth-order valence-corrected chi connectivity index (χ4v) is 1.94. The van der Waals surface area contributed by atoms with Crippen molar-refractivity contribution >= 4 is 11.5 Å².